The van der Waals surface area contributed by atoms with Crippen molar-refractivity contribution in [3.05, 3.63) is 277 Å². The van der Waals surface area contributed by atoms with E-state index in [4.69, 9.17) is 0 Å². The monoisotopic (exact) mass is 1170 g/mol. The maximum absolute atomic E-state index is 2.52. The highest BCUT2D eigenvalue weighted by Gasteiger charge is 2.28. The van der Waals surface area contributed by atoms with Gasteiger partial charge in [0, 0.05) is 65.2 Å². The zero-order chi connectivity index (χ0) is 62.2. The van der Waals surface area contributed by atoms with Crippen molar-refractivity contribution in [1.29, 1.82) is 0 Å². The molecular weight excluding hydrogens is 1090 g/mol. The molecule has 4 nitrogen and oxygen atoms in total. The molecule has 15 aromatic rings. The summed E-state index contributed by atoms with van der Waals surface area (Å²) in [5.74, 6) is 0. The minimum atomic E-state index is -0.00579. The number of benzene rings is 13. The van der Waals surface area contributed by atoms with Crippen molar-refractivity contribution in [3.8, 4) is 11.4 Å². The first-order valence-electron chi connectivity index (χ1n) is 32.1. The fourth-order valence-corrected chi connectivity index (χ4v) is 14.1. The lowest BCUT2D eigenvalue weighted by atomic mass is 9.85. The Morgan fingerprint density at radius 3 is 0.833 bits per heavy atom. The molecule has 0 amide bonds. The minimum Gasteiger partial charge on any atom is -0.309 e. The average molecular weight is 1170 g/mol. The van der Waals surface area contributed by atoms with Gasteiger partial charge in [-0.25, -0.2) is 0 Å². The molecule has 13 aromatic carbocycles. The van der Waals surface area contributed by atoms with Crippen LogP contribution in [-0.2, 0) is 21.7 Å². The topological polar surface area (TPSA) is 16.3 Å². The van der Waals surface area contributed by atoms with Gasteiger partial charge in [-0.15, -0.1) is 0 Å². The molecule has 2 heterocycles. The third kappa shape index (κ3) is 9.41. The van der Waals surface area contributed by atoms with Crippen LogP contribution in [0.1, 0.15) is 105 Å². The Kier molecular flexibility index (Phi) is 13.1. The molecule has 0 aliphatic carbocycles. The standard InChI is InChI=1S/C86H78N4/c1-83(2,3)57-38-42-79-69(50-57)70-51-58(84(4,5)6)39-43-80(70)89(79)77-48-46-75(65-32-17-19-34-67(65)77)87(73-36-21-26-55-24-13-15-30-63(55)73)61-28-23-29-62(54-61)88(74-37-22-27-56-25-14-16-31-64(56)74)76-47-49-78(68-35-20-18-33-66(68)76)90-81-44-40-59(85(7,8)9)52-71(81)72-53-60(86(10,11)12)41-45-82(72)90/h13-54H,1-12H3. The first kappa shape index (κ1) is 56.6. The molecule has 0 bridgehead atoms. The molecule has 4 heteroatoms. The van der Waals surface area contributed by atoms with Crippen LogP contribution >= 0.6 is 0 Å². The van der Waals surface area contributed by atoms with Crippen molar-refractivity contribution >= 4 is 121 Å². The lowest BCUT2D eigenvalue weighted by Crippen LogP contribution is -2.14. The Morgan fingerprint density at radius 1 is 0.222 bits per heavy atom. The molecular formula is C86H78N4. The highest BCUT2D eigenvalue weighted by Crippen LogP contribution is 2.50. The zero-order valence-electron chi connectivity index (χ0n) is 54.0. The smallest absolute Gasteiger partial charge is 0.0542 e. The highest BCUT2D eigenvalue weighted by molar-refractivity contribution is 6.15. The van der Waals surface area contributed by atoms with Crippen molar-refractivity contribution in [2.45, 2.75) is 105 Å². The van der Waals surface area contributed by atoms with Gasteiger partial charge in [0.15, 0.2) is 0 Å². The second-order valence-corrected chi connectivity index (χ2v) is 29.1. The van der Waals surface area contributed by atoms with Gasteiger partial charge in [0.05, 0.1) is 56.2 Å². The van der Waals surface area contributed by atoms with Gasteiger partial charge in [0.25, 0.3) is 0 Å². The van der Waals surface area contributed by atoms with Crippen LogP contribution < -0.4 is 9.80 Å². The van der Waals surface area contributed by atoms with E-state index in [0.717, 1.165) is 56.3 Å². The maximum Gasteiger partial charge on any atom is 0.0542 e. The molecule has 0 aliphatic heterocycles. The quantitative estimate of drug-likeness (QED) is 0.151. The van der Waals surface area contributed by atoms with Crippen molar-refractivity contribution in [2.75, 3.05) is 9.80 Å². The summed E-state index contributed by atoms with van der Waals surface area (Å²) < 4.78 is 5.03. The fraction of sp³-hybridized carbons (Fsp3) is 0.186. The number of fused-ring (bicyclic) bond motifs is 10. The van der Waals surface area contributed by atoms with Crippen LogP contribution in [0.2, 0.25) is 0 Å². The van der Waals surface area contributed by atoms with Crippen molar-refractivity contribution in [2.24, 2.45) is 0 Å². The molecule has 0 fully saturated rings. The van der Waals surface area contributed by atoms with E-state index in [0.29, 0.717) is 0 Å². The molecule has 2 aromatic heterocycles. The van der Waals surface area contributed by atoms with E-state index in [9.17, 15) is 0 Å². The number of anilines is 6. The fourth-order valence-electron chi connectivity index (χ4n) is 14.1. The number of rotatable bonds is 8. The second kappa shape index (κ2) is 20.9. The first-order chi connectivity index (χ1) is 43.2. The summed E-state index contributed by atoms with van der Waals surface area (Å²) >= 11 is 0. The molecule has 0 radical (unpaired) electrons. The molecule has 442 valence electrons. The SMILES string of the molecule is CC(C)(C)c1ccc2c(c1)c1cc(C(C)(C)C)ccc1n2-c1ccc(N(c2cccc(N(c3cccc4ccccc34)c3ccc(-n4c5ccc(C(C)(C)C)cc5c5cc(C(C)(C)C)ccc54)c4ccccc34)c2)c2cccc3ccccc23)c2ccccc12. The average Bonchev–Trinajstić information content (AvgIpc) is 1.55. The van der Waals surface area contributed by atoms with E-state index in [1.165, 1.54) is 98.2 Å². The first-order valence-corrected chi connectivity index (χ1v) is 32.1. The van der Waals surface area contributed by atoms with Crippen LogP contribution in [-0.4, -0.2) is 9.13 Å². The highest BCUT2D eigenvalue weighted by atomic mass is 15.2. The van der Waals surface area contributed by atoms with Gasteiger partial charge in [-0.05, 0) is 158 Å². The third-order valence-corrected chi connectivity index (χ3v) is 19.1. The van der Waals surface area contributed by atoms with Crippen LogP contribution in [0.25, 0.3) is 98.1 Å². The molecule has 0 saturated heterocycles. The van der Waals surface area contributed by atoms with Crippen molar-refractivity contribution in [3.63, 3.8) is 0 Å². The van der Waals surface area contributed by atoms with Gasteiger partial charge in [-0.3, -0.25) is 0 Å². The van der Waals surface area contributed by atoms with Crippen molar-refractivity contribution < 1.29 is 0 Å². The predicted molar refractivity (Wildman–Crippen MR) is 389 cm³/mol. The van der Waals surface area contributed by atoms with E-state index >= 15 is 0 Å². The lowest BCUT2D eigenvalue weighted by molar-refractivity contribution is 0.590. The van der Waals surface area contributed by atoms with E-state index in [1.807, 2.05) is 0 Å². The van der Waals surface area contributed by atoms with Crippen LogP contribution in [0, 0.1) is 0 Å². The molecule has 0 atom stereocenters. The van der Waals surface area contributed by atoms with E-state index in [1.54, 1.807) is 0 Å². The molecule has 0 unspecified atom stereocenters. The normalized spacial score (nSPS) is 12.7. The van der Waals surface area contributed by atoms with E-state index < -0.39 is 0 Å². The summed E-state index contributed by atoms with van der Waals surface area (Å²) in [6.07, 6.45) is 0. The summed E-state index contributed by atoms with van der Waals surface area (Å²) in [6, 6.07) is 96.5. The Morgan fingerprint density at radius 2 is 0.500 bits per heavy atom. The van der Waals surface area contributed by atoms with Gasteiger partial charge < -0.3 is 18.9 Å². The van der Waals surface area contributed by atoms with Crippen LogP contribution in [0.4, 0.5) is 34.1 Å². The lowest BCUT2D eigenvalue weighted by Gasteiger charge is -2.32. The van der Waals surface area contributed by atoms with Gasteiger partial charge in [-0.1, -0.05) is 235 Å². The largest absolute Gasteiger partial charge is 0.309 e. The Hall–Kier alpha value is -9.90. The van der Waals surface area contributed by atoms with Gasteiger partial charge in [-0.2, -0.15) is 0 Å². The maximum atomic E-state index is 2.52. The molecule has 0 saturated carbocycles. The predicted octanol–water partition coefficient (Wildman–Crippen LogP) is 24.6. The Bertz CT molecular complexity index is 4880. The van der Waals surface area contributed by atoms with Gasteiger partial charge in [0.1, 0.15) is 0 Å². The number of hydrogen-bond acceptors (Lipinski definition) is 2. The third-order valence-electron chi connectivity index (χ3n) is 19.1. The van der Waals surface area contributed by atoms with Crippen LogP contribution in [0.3, 0.4) is 0 Å². The van der Waals surface area contributed by atoms with E-state index in [-0.39, 0.29) is 21.7 Å². The molecule has 0 aliphatic rings. The Balaban J connectivity index is 0.958. The van der Waals surface area contributed by atoms with Crippen molar-refractivity contribution in [1.82, 2.24) is 9.13 Å². The molecule has 0 spiro atoms. The number of hydrogen-bond donors (Lipinski definition) is 0. The Labute approximate surface area is 529 Å². The molecule has 15 rings (SSSR count). The van der Waals surface area contributed by atoms with Gasteiger partial charge >= 0.3 is 0 Å². The second-order valence-electron chi connectivity index (χ2n) is 29.1. The number of nitrogens with zero attached hydrogens (tertiary/aromatic N) is 4. The zero-order valence-corrected chi connectivity index (χ0v) is 54.0. The minimum absolute atomic E-state index is 0.00579. The number of aromatic nitrogens is 2. The molecule has 0 N–H and O–H groups in total. The summed E-state index contributed by atoms with van der Waals surface area (Å²) in [6.45, 7) is 27.8. The molecule has 90 heavy (non-hydrogen) atoms. The van der Waals surface area contributed by atoms with Crippen LogP contribution in [0.5, 0.6) is 0 Å². The summed E-state index contributed by atoms with van der Waals surface area (Å²) in [4.78, 5) is 5.02. The summed E-state index contributed by atoms with van der Waals surface area (Å²) in [5.41, 5.74) is 18.9. The van der Waals surface area contributed by atoms with E-state index in [2.05, 4.69) is 357 Å². The summed E-state index contributed by atoms with van der Waals surface area (Å²) in [7, 11) is 0. The van der Waals surface area contributed by atoms with Crippen LogP contribution in [0.15, 0.2) is 255 Å². The summed E-state index contributed by atoms with van der Waals surface area (Å²) in [5, 5.41) is 14.5. The van der Waals surface area contributed by atoms with Gasteiger partial charge in [0.2, 0.25) is 0 Å².